The number of nitrogens with zero attached hydrogens (tertiary/aromatic N) is 2. The minimum absolute atomic E-state index is 0.227. The van der Waals surface area contributed by atoms with Crippen LogP contribution in [-0.4, -0.2) is 4.98 Å². The predicted octanol–water partition coefficient (Wildman–Crippen LogP) is 5.16. The fraction of sp³-hybridized carbons (Fsp3) is 0.200. The van der Waals surface area contributed by atoms with Gasteiger partial charge in [0.25, 0.3) is 0 Å². The van der Waals surface area contributed by atoms with Crippen molar-refractivity contribution in [2.24, 2.45) is 0 Å². The molecule has 0 N–H and O–H groups in total. The van der Waals surface area contributed by atoms with Crippen molar-refractivity contribution in [2.75, 3.05) is 0 Å². The highest BCUT2D eigenvalue weighted by molar-refractivity contribution is 5.67. The number of aryl methyl sites for hydroxylation is 1. The molecule has 0 bridgehead atoms. The highest BCUT2D eigenvalue weighted by Crippen LogP contribution is 2.29. The van der Waals surface area contributed by atoms with Gasteiger partial charge in [-0.3, -0.25) is 4.98 Å². The third-order valence-corrected chi connectivity index (χ3v) is 3.70. The van der Waals surface area contributed by atoms with E-state index in [0.29, 0.717) is 5.56 Å². The van der Waals surface area contributed by atoms with E-state index in [2.05, 4.69) is 25.3 Å². The second-order valence-electron chi connectivity index (χ2n) is 5.53. The summed E-state index contributed by atoms with van der Waals surface area (Å²) in [5, 5.41) is 9.23. The molecule has 0 spiro atoms. The van der Waals surface area contributed by atoms with Gasteiger partial charge in [-0.2, -0.15) is 5.26 Å². The van der Waals surface area contributed by atoms with Crippen molar-refractivity contribution in [3.05, 3.63) is 78.0 Å². The average Bonchev–Trinajstić information content (AvgIpc) is 2.52. The molecule has 1 heterocycles. The maximum atomic E-state index is 9.23. The third kappa shape index (κ3) is 3.32. The summed E-state index contributed by atoms with van der Waals surface area (Å²) in [5.41, 5.74) is 5.60. The summed E-state index contributed by atoms with van der Waals surface area (Å²) < 4.78 is 0. The van der Waals surface area contributed by atoms with Crippen LogP contribution in [0.25, 0.3) is 11.3 Å². The normalized spacial score (nSPS) is 11.5. The molecule has 1 aromatic carbocycles. The van der Waals surface area contributed by atoms with Gasteiger partial charge in [-0.15, -0.1) is 13.2 Å². The molecule has 0 aliphatic heterocycles. The SMILES string of the molecule is C=CC(CC(=C)C)c1ccc(-c2ccccc2C#N)nc1C. The molecule has 1 atom stereocenters. The number of allylic oxidation sites excluding steroid dienone is 2. The molecule has 2 rings (SSSR count). The number of hydrogen-bond donors (Lipinski definition) is 0. The smallest absolute Gasteiger partial charge is 0.0998 e. The molecule has 0 saturated heterocycles. The van der Waals surface area contributed by atoms with Gasteiger partial charge in [-0.25, -0.2) is 0 Å². The summed E-state index contributed by atoms with van der Waals surface area (Å²) in [7, 11) is 0. The van der Waals surface area contributed by atoms with E-state index in [-0.39, 0.29) is 5.92 Å². The molecule has 0 amide bonds. The Kier molecular flexibility index (Phi) is 4.91. The highest BCUT2D eigenvalue weighted by Gasteiger charge is 2.13. The van der Waals surface area contributed by atoms with Crippen molar-refractivity contribution in [1.29, 1.82) is 5.26 Å². The van der Waals surface area contributed by atoms with Gasteiger partial charge in [-0.1, -0.05) is 35.9 Å². The van der Waals surface area contributed by atoms with Crippen LogP contribution in [0.2, 0.25) is 0 Å². The fourth-order valence-corrected chi connectivity index (χ4v) is 2.61. The van der Waals surface area contributed by atoms with Gasteiger partial charge in [0.2, 0.25) is 0 Å². The first-order chi connectivity index (χ1) is 10.6. The zero-order valence-electron chi connectivity index (χ0n) is 13.1. The van der Waals surface area contributed by atoms with E-state index in [4.69, 9.17) is 4.98 Å². The Labute approximate surface area is 132 Å². The average molecular weight is 288 g/mol. The first-order valence-corrected chi connectivity index (χ1v) is 7.30. The van der Waals surface area contributed by atoms with Crippen molar-refractivity contribution >= 4 is 0 Å². The molecule has 0 aliphatic rings. The molecule has 22 heavy (non-hydrogen) atoms. The Balaban J connectivity index is 2.44. The van der Waals surface area contributed by atoms with Gasteiger partial charge in [0.05, 0.1) is 17.3 Å². The van der Waals surface area contributed by atoms with Crippen molar-refractivity contribution in [2.45, 2.75) is 26.2 Å². The number of rotatable bonds is 5. The van der Waals surface area contributed by atoms with Crippen molar-refractivity contribution in [1.82, 2.24) is 4.98 Å². The van der Waals surface area contributed by atoms with Crippen LogP contribution >= 0.6 is 0 Å². The number of benzene rings is 1. The minimum atomic E-state index is 0.227. The maximum absolute atomic E-state index is 9.23. The summed E-state index contributed by atoms with van der Waals surface area (Å²) in [5.74, 6) is 0.227. The summed E-state index contributed by atoms with van der Waals surface area (Å²) in [6, 6.07) is 13.8. The third-order valence-electron chi connectivity index (χ3n) is 3.70. The van der Waals surface area contributed by atoms with Crippen LogP contribution in [0, 0.1) is 18.3 Å². The minimum Gasteiger partial charge on any atom is -0.253 e. The molecule has 0 fully saturated rings. The Morgan fingerprint density at radius 3 is 2.64 bits per heavy atom. The van der Waals surface area contributed by atoms with Crippen molar-refractivity contribution in [3.63, 3.8) is 0 Å². The number of aromatic nitrogens is 1. The van der Waals surface area contributed by atoms with Gasteiger partial charge >= 0.3 is 0 Å². The summed E-state index contributed by atoms with van der Waals surface area (Å²) in [6.45, 7) is 11.9. The molecular formula is C20H20N2. The first-order valence-electron chi connectivity index (χ1n) is 7.30. The molecule has 0 aliphatic carbocycles. The highest BCUT2D eigenvalue weighted by atomic mass is 14.7. The number of hydrogen-bond acceptors (Lipinski definition) is 2. The molecular weight excluding hydrogens is 268 g/mol. The second kappa shape index (κ2) is 6.87. The topological polar surface area (TPSA) is 36.7 Å². The molecule has 1 aromatic heterocycles. The van der Waals surface area contributed by atoms with Gasteiger partial charge in [0, 0.05) is 17.2 Å². The lowest BCUT2D eigenvalue weighted by Crippen LogP contribution is -2.02. The quantitative estimate of drug-likeness (QED) is 0.712. The Morgan fingerprint density at radius 2 is 2.05 bits per heavy atom. The van der Waals surface area contributed by atoms with E-state index < -0.39 is 0 Å². The van der Waals surface area contributed by atoms with Gasteiger partial charge in [0.15, 0.2) is 0 Å². The molecule has 110 valence electrons. The zero-order chi connectivity index (χ0) is 16.1. The van der Waals surface area contributed by atoms with Crippen LogP contribution in [0.1, 0.15) is 36.1 Å². The standard InChI is InChI=1S/C20H20N2/c1-5-16(12-14(2)3)18-10-11-20(22-15(18)4)19-9-7-6-8-17(19)13-21/h5-11,16H,1-2,12H2,3-4H3. The summed E-state index contributed by atoms with van der Waals surface area (Å²) >= 11 is 0. The molecule has 2 heteroatoms. The second-order valence-corrected chi connectivity index (χ2v) is 5.53. The van der Waals surface area contributed by atoms with E-state index in [1.165, 1.54) is 0 Å². The van der Waals surface area contributed by atoms with Crippen LogP contribution in [-0.2, 0) is 0 Å². The van der Waals surface area contributed by atoms with E-state index >= 15 is 0 Å². The van der Waals surface area contributed by atoms with Gasteiger partial charge in [0.1, 0.15) is 0 Å². The fourth-order valence-electron chi connectivity index (χ4n) is 2.61. The molecule has 0 saturated carbocycles. The summed E-state index contributed by atoms with van der Waals surface area (Å²) in [6.07, 6.45) is 2.82. The van der Waals surface area contributed by atoms with Crippen LogP contribution in [0.3, 0.4) is 0 Å². The van der Waals surface area contributed by atoms with Gasteiger partial charge < -0.3 is 0 Å². The van der Waals surface area contributed by atoms with Crippen molar-refractivity contribution < 1.29 is 0 Å². The number of pyridine rings is 1. The van der Waals surface area contributed by atoms with E-state index in [1.807, 2.05) is 50.3 Å². The van der Waals surface area contributed by atoms with E-state index in [0.717, 1.165) is 34.5 Å². The largest absolute Gasteiger partial charge is 0.253 e. The summed E-state index contributed by atoms with van der Waals surface area (Å²) in [4.78, 5) is 4.70. The van der Waals surface area contributed by atoms with Crippen LogP contribution < -0.4 is 0 Å². The lowest BCUT2D eigenvalue weighted by atomic mass is 9.91. The Hall–Kier alpha value is -2.66. The lowest BCUT2D eigenvalue weighted by molar-refractivity contribution is 0.813. The molecule has 2 aromatic rings. The zero-order valence-corrected chi connectivity index (χ0v) is 13.1. The molecule has 0 radical (unpaired) electrons. The molecule has 1 unspecified atom stereocenters. The monoisotopic (exact) mass is 288 g/mol. The van der Waals surface area contributed by atoms with Gasteiger partial charge in [-0.05, 0) is 38.0 Å². The van der Waals surface area contributed by atoms with E-state index in [1.54, 1.807) is 0 Å². The number of nitriles is 1. The first kappa shape index (κ1) is 15.7. The van der Waals surface area contributed by atoms with Crippen molar-refractivity contribution in [3.8, 4) is 17.3 Å². The predicted molar refractivity (Wildman–Crippen MR) is 91.5 cm³/mol. The van der Waals surface area contributed by atoms with E-state index in [9.17, 15) is 5.26 Å². The van der Waals surface area contributed by atoms with Crippen LogP contribution in [0.4, 0.5) is 0 Å². The molecule has 2 nitrogen and oxygen atoms in total. The van der Waals surface area contributed by atoms with Crippen LogP contribution in [0.5, 0.6) is 0 Å². The Bertz CT molecular complexity index is 751. The Morgan fingerprint density at radius 1 is 1.32 bits per heavy atom. The lowest BCUT2D eigenvalue weighted by Gasteiger charge is -2.16. The van der Waals surface area contributed by atoms with Crippen LogP contribution in [0.15, 0.2) is 61.2 Å². The maximum Gasteiger partial charge on any atom is 0.0998 e.